The first-order valence-electron chi connectivity index (χ1n) is 6.62. The molecule has 0 spiro atoms. The fourth-order valence-corrected chi connectivity index (χ4v) is 2.58. The zero-order valence-electron chi connectivity index (χ0n) is 11.6. The Morgan fingerprint density at radius 3 is 2.43 bits per heavy atom. The lowest BCUT2D eigenvalue weighted by Crippen LogP contribution is -2.31. The zero-order chi connectivity index (χ0) is 16.8. The third-order valence-electron chi connectivity index (χ3n) is 3.61. The standard InChI is InChI=1S/C14H11F3N4O2/c15-14(16,17)7-3-1-6(2-4-7)8-5-9(22)19-11-10(8)12(23)21-13(18)20-11/h1-4,8H,5H2,(H4,18,19,20,21,22,23). The SMILES string of the molecule is Nc1nc2c(c(=O)[nH]1)C(c1ccc(C(F)(F)F)cc1)CC(=O)N2. The van der Waals surface area contributed by atoms with Gasteiger partial charge in [0.05, 0.1) is 11.1 Å². The number of aromatic amines is 1. The van der Waals surface area contributed by atoms with Crippen molar-refractivity contribution in [1.29, 1.82) is 0 Å². The van der Waals surface area contributed by atoms with E-state index < -0.39 is 23.2 Å². The Bertz CT molecular complexity index is 827. The van der Waals surface area contributed by atoms with Crippen molar-refractivity contribution in [2.24, 2.45) is 0 Å². The van der Waals surface area contributed by atoms with Crippen LogP contribution in [0, 0.1) is 0 Å². The normalized spacial score (nSPS) is 17.5. The number of rotatable bonds is 1. The van der Waals surface area contributed by atoms with Crippen LogP contribution in [0.3, 0.4) is 0 Å². The highest BCUT2D eigenvalue weighted by atomic mass is 19.4. The van der Waals surface area contributed by atoms with E-state index in [0.717, 1.165) is 12.1 Å². The van der Waals surface area contributed by atoms with Crippen LogP contribution >= 0.6 is 0 Å². The molecule has 0 saturated heterocycles. The van der Waals surface area contributed by atoms with E-state index >= 15 is 0 Å². The number of nitrogens with two attached hydrogens (primary N) is 1. The number of aromatic nitrogens is 2. The van der Waals surface area contributed by atoms with Crippen LogP contribution in [0.2, 0.25) is 0 Å². The Balaban J connectivity index is 2.08. The van der Waals surface area contributed by atoms with Crippen molar-refractivity contribution in [3.63, 3.8) is 0 Å². The maximum atomic E-state index is 12.6. The Kier molecular flexibility index (Phi) is 3.35. The second kappa shape index (κ2) is 5.11. The molecule has 0 bridgehead atoms. The van der Waals surface area contributed by atoms with Crippen molar-refractivity contribution < 1.29 is 18.0 Å². The van der Waals surface area contributed by atoms with E-state index in [0.29, 0.717) is 5.56 Å². The van der Waals surface area contributed by atoms with E-state index in [1.165, 1.54) is 12.1 Å². The van der Waals surface area contributed by atoms with Gasteiger partial charge in [0, 0.05) is 12.3 Å². The molecule has 120 valence electrons. The van der Waals surface area contributed by atoms with Crippen LogP contribution in [0.4, 0.5) is 24.9 Å². The van der Waals surface area contributed by atoms with Crippen molar-refractivity contribution >= 4 is 17.7 Å². The minimum Gasteiger partial charge on any atom is -0.369 e. The highest BCUT2D eigenvalue weighted by Crippen LogP contribution is 2.35. The smallest absolute Gasteiger partial charge is 0.369 e. The summed E-state index contributed by atoms with van der Waals surface area (Å²) in [6, 6.07) is 4.35. The van der Waals surface area contributed by atoms with E-state index in [1.54, 1.807) is 0 Å². The van der Waals surface area contributed by atoms with Crippen LogP contribution in [-0.4, -0.2) is 15.9 Å². The summed E-state index contributed by atoms with van der Waals surface area (Å²) in [5, 5.41) is 2.45. The molecule has 6 nitrogen and oxygen atoms in total. The summed E-state index contributed by atoms with van der Waals surface area (Å²) in [6.07, 6.45) is -4.51. The molecule has 0 aliphatic carbocycles. The average molecular weight is 324 g/mol. The maximum absolute atomic E-state index is 12.6. The first-order chi connectivity index (χ1) is 10.8. The van der Waals surface area contributed by atoms with E-state index in [4.69, 9.17) is 5.73 Å². The van der Waals surface area contributed by atoms with E-state index in [-0.39, 0.29) is 29.7 Å². The molecule has 23 heavy (non-hydrogen) atoms. The lowest BCUT2D eigenvalue weighted by molar-refractivity contribution is -0.137. The predicted octanol–water partition coefficient (Wildman–Crippen LogP) is 1.84. The van der Waals surface area contributed by atoms with Gasteiger partial charge in [-0.1, -0.05) is 12.1 Å². The van der Waals surface area contributed by atoms with Crippen LogP contribution in [0.15, 0.2) is 29.1 Å². The minimum absolute atomic E-state index is 0.0346. The Labute approximate surface area is 127 Å². The number of carbonyl (C=O) groups is 1. The summed E-state index contributed by atoms with van der Waals surface area (Å²) >= 11 is 0. The fraction of sp³-hybridized carbons (Fsp3) is 0.214. The average Bonchev–Trinajstić information content (AvgIpc) is 2.44. The first kappa shape index (κ1) is 15.1. The number of benzene rings is 1. The quantitative estimate of drug-likeness (QED) is 0.745. The van der Waals surface area contributed by atoms with Crippen LogP contribution < -0.4 is 16.6 Å². The van der Waals surface area contributed by atoms with Gasteiger partial charge < -0.3 is 11.1 Å². The predicted molar refractivity (Wildman–Crippen MR) is 75.8 cm³/mol. The molecule has 1 amide bonds. The fourth-order valence-electron chi connectivity index (χ4n) is 2.58. The topological polar surface area (TPSA) is 101 Å². The highest BCUT2D eigenvalue weighted by Gasteiger charge is 2.33. The molecular formula is C14H11F3N4O2. The highest BCUT2D eigenvalue weighted by molar-refractivity contribution is 5.94. The number of hydrogen-bond acceptors (Lipinski definition) is 4. The molecule has 4 N–H and O–H groups in total. The van der Waals surface area contributed by atoms with Crippen molar-refractivity contribution in [2.45, 2.75) is 18.5 Å². The lowest BCUT2D eigenvalue weighted by atomic mass is 9.86. The summed E-state index contributed by atoms with van der Waals surface area (Å²) < 4.78 is 37.9. The van der Waals surface area contributed by atoms with E-state index in [9.17, 15) is 22.8 Å². The number of halogens is 3. The Hall–Kier alpha value is -2.84. The van der Waals surface area contributed by atoms with Gasteiger partial charge in [-0.2, -0.15) is 18.2 Å². The van der Waals surface area contributed by atoms with Gasteiger partial charge in [0.25, 0.3) is 5.56 Å². The van der Waals surface area contributed by atoms with Crippen molar-refractivity contribution in [3.8, 4) is 0 Å². The number of nitrogens with one attached hydrogen (secondary N) is 2. The van der Waals surface area contributed by atoms with Gasteiger partial charge in [0.15, 0.2) is 0 Å². The van der Waals surface area contributed by atoms with Gasteiger partial charge >= 0.3 is 6.18 Å². The number of nitrogen functional groups attached to an aromatic ring is 1. The number of anilines is 2. The molecule has 0 fully saturated rings. The van der Waals surface area contributed by atoms with Gasteiger partial charge in [0.2, 0.25) is 11.9 Å². The molecule has 1 unspecified atom stereocenters. The van der Waals surface area contributed by atoms with Crippen LogP contribution in [0.5, 0.6) is 0 Å². The van der Waals surface area contributed by atoms with Crippen LogP contribution in [0.25, 0.3) is 0 Å². The monoisotopic (exact) mass is 324 g/mol. The van der Waals surface area contributed by atoms with Crippen molar-refractivity contribution in [3.05, 3.63) is 51.3 Å². The number of amides is 1. The van der Waals surface area contributed by atoms with Gasteiger partial charge in [0.1, 0.15) is 5.82 Å². The molecule has 0 saturated carbocycles. The third kappa shape index (κ3) is 2.77. The summed E-state index contributed by atoms with van der Waals surface area (Å²) in [6.45, 7) is 0. The van der Waals surface area contributed by atoms with Gasteiger partial charge in [-0.3, -0.25) is 14.6 Å². The second-order valence-electron chi connectivity index (χ2n) is 5.14. The molecular weight excluding hydrogens is 313 g/mol. The Morgan fingerprint density at radius 2 is 1.83 bits per heavy atom. The molecule has 1 aromatic carbocycles. The summed E-state index contributed by atoms with van der Waals surface area (Å²) in [5.41, 5.74) is 4.71. The lowest BCUT2D eigenvalue weighted by Gasteiger charge is -2.24. The van der Waals surface area contributed by atoms with Crippen LogP contribution in [0.1, 0.15) is 29.0 Å². The van der Waals surface area contributed by atoms with Gasteiger partial charge in [-0.25, -0.2) is 0 Å². The minimum atomic E-state index is -4.45. The molecule has 1 atom stereocenters. The van der Waals surface area contributed by atoms with Gasteiger partial charge in [-0.15, -0.1) is 0 Å². The van der Waals surface area contributed by atoms with Crippen molar-refractivity contribution in [1.82, 2.24) is 9.97 Å². The van der Waals surface area contributed by atoms with E-state index in [2.05, 4.69) is 15.3 Å². The first-order valence-corrected chi connectivity index (χ1v) is 6.62. The molecule has 2 heterocycles. The number of nitrogens with zero attached hydrogens (tertiary/aromatic N) is 1. The summed E-state index contributed by atoms with van der Waals surface area (Å²) in [4.78, 5) is 30.1. The van der Waals surface area contributed by atoms with E-state index in [1.807, 2.05) is 0 Å². The largest absolute Gasteiger partial charge is 0.416 e. The molecule has 0 radical (unpaired) electrons. The summed E-state index contributed by atoms with van der Waals surface area (Å²) in [7, 11) is 0. The molecule has 3 rings (SSSR count). The Morgan fingerprint density at radius 1 is 1.17 bits per heavy atom. The number of H-pyrrole nitrogens is 1. The zero-order valence-corrected chi connectivity index (χ0v) is 11.6. The molecule has 1 aliphatic rings. The second-order valence-corrected chi connectivity index (χ2v) is 5.14. The molecule has 1 aromatic heterocycles. The number of fused-ring (bicyclic) bond motifs is 1. The third-order valence-corrected chi connectivity index (χ3v) is 3.61. The maximum Gasteiger partial charge on any atom is 0.416 e. The number of hydrogen-bond donors (Lipinski definition) is 3. The molecule has 2 aromatic rings. The van der Waals surface area contributed by atoms with Crippen LogP contribution in [-0.2, 0) is 11.0 Å². The number of alkyl halides is 3. The summed E-state index contributed by atoms with van der Waals surface area (Å²) in [5.74, 6) is -1.19. The molecule has 9 heteroatoms. The van der Waals surface area contributed by atoms with Gasteiger partial charge in [-0.05, 0) is 17.7 Å². The van der Waals surface area contributed by atoms with Crippen molar-refractivity contribution in [2.75, 3.05) is 11.1 Å². The number of carbonyl (C=O) groups excluding carboxylic acids is 1. The molecule has 1 aliphatic heterocycles.